The summed E-state index contributed by atoms with van der Waals surface area (Å²) in [5, 5.41) is 16.3. The lowest BCUT2D eigenvalue weighted by atomic mass is 9.95. The number of hydrogen-bond donors (Lipinski definition) is 1. The first kappa shape index (κ1) is 13.4. The third-order valence-electron chi connectivity index (χ3n) is 3.81. The van der Waals surface area contributed by atoms with Crippen LogP contribution in [0.4, 0.5) is 5.95 Å². The van der Waals surface area contributed by atoms with Crippen LogP contribution in [0.3, 0.4) is 0 Å². The smallest absolute Gasteiger partial charge is 0.247 e. The van der Waals surface area contributed by atoms with Crippen LogP contribution < -0.4 is 5.32 Å². The molecule has 1 aromatic carbocycles. The average Bonchev–Trinajstić information content (AvgIpc) is 2.97. The molecule has 1 fully saturated rings. The molecule has 1 aromatic heterocycles. The summed E-state index contributed by atoms with van der Waals surface area (Å²) >= 11 is 1.98. The molecule has 0 unspecified atom stereocenters. The van der Waals surface area contributed by atoms with Gasteiger partial charge in [-0.3, -0.25) is 0 Å². The average molecular weight is 289 g/mol. The van der Waals surface area contributed by atoms with E-state index in [-0.39, 0.29) is 0 Å². The van der Waals surface area contributed by atoms with Crippen molar-refractivity contribution in [2.45, 2.75) is 37.0 Å². The van der Waals surface area contributed by atoms with E-state index in [4.69, 9.17) is 0 Å². The molecule has 1 saturated carbocycles. The highest BCUT2D eigenvalue weighted by Crippen LogP contribution is 2.28. The molecule has 0 aliphatic heterocycles. The first-order valence-corrected chi connectivity index (χ1v) is 8.29. The second-order valence-electron chi connectivity index (χ2n) is 5.10. The summed E-state index contributed by atoms with van der Waals surface area (Å²) in [6, 6.07) is 10.5. The Morgan fingerprint density at radius 2 is 1.90 bits per heavy atom. The lowest BCUT2D eigenvalue weighted by Gasteiger charge is -2.28. The molecule has 0 radical (unpaired) electrons. The number of anilines is 1. The summed E-state index contributed by atoms with van der Waals surface area (Å²) in [6.07, 6.45) is 7.12. The molecule has 1 aliphatic carbocycles. The predicted octanol–water partition coefficient (Wildman–Crippen LogP) is 2.75. The van der Waals surface area contributed by atoms with E-state index < -0.39 is 0 Å². The highest BCUT2D eigenvalue weighted by atomic mass is 32.2. The monoisotopic (exact) mass is 289 g/mol. The molecule has 6 heteroatoms. The molecule has 1 aliphatic rings. The van der Waals surface area contributed by atoms with Gasteiger partial charge in [-0.2, -0.15) is 16.4 Å². The molecular formula is C14H19N5S. The summed E-state index contributed by atoms with van der Waals surface area (Å²) in [5.41, 5.74) is 0.984. The van der Waals surface area contributed by atoms with Crippen molar-refractivity contribution >= 4 is 17.7 Å². The maximum Gasteiger partial charge on any atom is 0.247 e. The molecule has 0 spiro atoms. The minimum absolute atomic E-state index is 0.479. The Balaban J connectivity index is 1.69. The van der Waals surface area contributed by atoms with Crippen LogP contribution in [0.15, 0.2) is 30.3 Å². The van der Waals surface area contributed by atoms with Crippen molar-refractivity contribution in [2.75, 3.05) is 11.6 Å². The second kappa shape index (κ2) is 6.26. The van der Waals surface area contributed by atoms with Crippen molar-refractivity contribution in [1.29, 1.82) is 0 Å². The van der Waals surface area contributed by atoms with Crippen molar-refractivity contribution in [2.24, 2.45) is 0 Å². The third-order valence-corrected chi connectivity index (χ3v) is 4.95. The van der Waals surface area contributed by atoms with Crippen LogP contribution in [0.5, 0.6) is 0 Å². The number of benzene rings is 1. The fourth-order valence-corrected chi connectivity index (χ4v) is 3.39. The summed E-state index contributed by atoms with van der Waals surface area (Å²) < 4.78 is 1.76. The first-order chi connectivity index (χ1) is 9.86. The second-order valence-corrected chi connectivity index (χ2v) is 6.24. The number of thioether (sulfide) groups is 1. The number of nitrogens with one attached hydrogen (secondary N) is 1. The largest absolute Gasteiger partial charge is 0.350 e. The molecular weight excluding hydrogens is 270 g/mol. The zero-order valence-electron chi connectivity index (χ0n) is 11.6. The van der Waals surface area contributed by atoms with Gasteiger partial charge in [0.1, 0.15) is 0 Å². The van der Waals surface area contributed by atoms with Gasteiger partial charge in [-0.25, -0.2) is 0 Å². The van der Waals surface area contributed by atoms with Gasteiger partial charge in [0, 0.05) is 11.3 Å². The van der Waals surface area contributed by atoms with Gasteiger partial charge in [-0.15, -0.1) is 0 Å². The SMILES string of the molecule is CSC1CCC(Nc2nnnn2-c2ccccc2)CC1. The number of nitrogens with zero attached hydrogens (tertiary/aromatic N) is 4. The fraction of sp³-hybridized carbons (Fsp3) is 0.500. The van der Waals surface area contributed by atoms with E-state index in [0.29, 0.717) is 6.04 Å². The zero-order valence-corrected chi connectivity index (χ0v) is 12.4. The van der Waals surface area contributed by atoms with Gasteiger partial charge in [-0.05, 0) is 54.5 Å². The summed E-state index contributed by atoms with van der Waals surface area (Å²) in [5.74, 6) is 0.740. The topological polar surface area (TPSA) is 55.6 Å². The van der Waals surface area contributed by atoms with E-state index in [1.165, 1.54) is 25.7 Å². The lowest BCUT2D eigenvalue weighted by molar-refractivity contribution is 0.470. The van der Waals surface area contributed by atoms with Gasteiger partial charge >= 0.3 is 0 Å². The van der Waals surface area contributed by atoms with E-state index in [2.05, 4.69) is 27.1 Å². The van der Waals surface area contributed by atoms with E-state index in [1.807, 2.05) is 42.1 Å². The van der Waals surface area contributed by atoms with Crippen LogP contribution >= 0.6 is 11.8 Å². The van der Waals surface area contributed by atoms with Crippen molar-refractivity contribution in [3.05, 3.63) is 30.3 Å². The van der Waals surface area contributed by atoms with Crippen molar-refractivity contribution < 1.29 is 0 Å². The quantitative estimate of drug-likeness (QED) is 0.938. The van der Waals surface area contributed by atoms with E-state index in [1.54, 1.807) is 4.68 Å². The minimum atomic E-state index is 0.479. The Morgan fingerprint density at radius 3 is 2.60 bits per heavy atom. The van der Waals surface area contributed by atoms with E-state index in [9.17, 15) is 0 Å². The maximum atomic E-state index is 4.11. The van der Waals surface area contributed by atoms with Gasteiger partial charge in [0.25, 0.3) is 0 Å². The Labute approximate surface area is 123 Å². The molecule has 106 valence electrons. The molecule has 5 nitrogen and oxygen atoms in total. The zero-order chi connectivity index (χ0) is 13.8. The Morgan fingerprint density at radius 1 is 1.15 bits per heavy atom. The molecule has 1 heterocycles. The lowest BCUT2D eigenvalue weighted by Crippen LogP contribution is -2.28. The molecule has 1 N–H and O–H groups in total. The summed E-state index contributed by atoms with van der Waals surface area (Å²) in [4.78, 5) is 0. The van der Waals surface area contributed by atoms with Gasteiger partial charge in [0.2, 0.25) is 5.95 Å². The molecule has 2 aromatic rings. The number of aromatic nitrogens is 4. The van der Waals surface area contributed by atoms with Crippen LogP contribution in [0.1, 0.15) is 25.7 Å². The van der Waals surface area contributed by atoms with Gasteiger partial charge < -0.3 is 5.32 Å². The van der Waals surface area contributed by atoms with Crippen LogP contribution in [0.25, 0.3) is 5.69 Å². The molecule has 0 amide bonds. The van der Waals surface area contributed by atoms with Crippen LogP contribution in [0, 0.1) is 0 Å². The highest BCUT2D eigenvalue weighted by Gasteiger charge is 2.22. The first-order valence-electron chi connectivity index (χ1n) is 7.00. The molecule has 0 bridgehead atoms. The minimum Gasteiger partial charge on any atom is -0.350 e. The van der Waals surface area contributed by atoms with Gasteiger partial charge in [-0.1, -0.05) is 23.3 Å². The number of hydrogen-bond acceptors (Lipinski definition) is 5. The standard InChI is InChI=1S/C14H19N5S/c1-20-13-9-7-11(8-10-13)15-14-16-17-18-19(14)12-5-3-2-4-6-12/h2-6,11,13H,7-10H2,1H3,(H,15,16,18). The van der Waals surface area contributed by atoms with E-state index in [0.717, 1.165) is 16.9 Å². The molecule has 0 atom stereocenters. The number of rotatable bonds is 4. The fourth-order valence-electron chi connectivity index (χ4n) is 2.65. The van der Waals surface area contributed by atoms with Crippen molar-refractivity contribution in [3.8, 4) is 5.69 Å². The summed E-state index contributed by atoms with van der Waals surface area (Å²) in [7, 11) is 0. The Kier molecular flexibility index (Phi) is 4.20. The molecule has 0 saturated heterocycles. The van der Waals surface area contributed by atoms with Crippen LogP contribution in [0.2, 0.25) is 0 Å². The highest BCUT2D eigenvalue weighted by molar-refractivity contribution is 7.99. The number of tetrazole rings is 1. The van der Waals surface area contributed by atoms with Gasteiger partial charge in [0.15, 0.2) is 0 Å². The maximum absolute atomic E-state index is 4.11. The van der Waals surface area contributed by atoms with Gasteiger partial charge in [0.05, 0.1) is 5.69 Å². The molecule has 3 rings (SSSR count). The molecule has 20 heavy (non-hydrogen) atoms. The number of para-hydroxylation sites is 1. The van der Waals surface area contributed by atoms with Crippen LogP contribution in [-0.4, -0.2) is 37.8 Å². The normalized spacial score (nSPS) is 22.6. The van der Waals surface area contributed by atoms with Crippen LogP contribution in [-0.2, 0) is 0 Å². The van der Waals surface area contributed by atoms with Crippen molar-refractivity contribution in [3.63, 3.8) is 0 Å². The Hall–Kier alpha value is -1.56. The third kappa shape index (κ3) is 2.95. The Bertz CT molecular complexity index is 534. The summed E-state index contributed by atoms with van der Waals surface area (Å²) in [6.45, 7) is 0. The van der Waals surface area contributed by atoms with Crippen molar-refractivity contribution in [1.82, 2.24) is 20.2 Å². The predicted molar refractivity (Wildman–Crippen MR) is 82.3 cm³/mol. The van der Waals surface area contributed by atoms with E-state index >= 15 is 0 Å².